The molecule has 29 heavy (non-hydrogen) atoms. The molecule has 0 unspecified atom stereocenters. The molecule has 148 valence electrons. The highest BCUT2D eigenvalue weighted by Gasteiger charge is 2.19. The summed E-state index contributed by atoms with van der Waals surface area (Å²) in [5.41, 5.74) is 4.77. The molecule has 0 aliphatic carbocycles. The number of H-pyrrole nitrogens is 2. The van der Waals surface area contributed by atoms with E-state index < -0.39 is 0 Å². The second kappa shape index (κ2) is 7.54. The zero-order valence-corrected chi connectivity index (χ0v) is 16.9. The third-order valence-corrected chi connectivity index (χ3v) is 5.33. The molecule has 6 heteroatoms. The Morgan fingerprint density at radius 2 is 2.00 bits per heavy atom. The number of benzene rings is 2. The van der Waals surface area contributed by atoms with Crippen LogP contribution in [0.5, 0.6) is 0 Å². The predicted molar refractivity (Wildman–Crippen MR) is 115 cm³/mol. The fourth-order valence-corrected chi connectivity index (χ4v) is 3.67. The molecule has 1 amide bonds. The van der Waals surface area contributed by atoms with Crippen LogP contribution in [0, 0.1) is 13.8 Å². The zero-order chi connectivity index (χ0) is 20.5. The number of pyridine rings is 1. The van der Waals surface area contributed by atoms with Crippen LogP contribution in [0.25, 0.3) is 21.9 Å². The van der Waals surface area contributed by atoms with Gasteiger partial charge in [0.05, 0.1) is 16.6 Å². The average molecular weight is 388 g/mol. The SMILES string of the molecule is CCN(CCc1nc2ccc(C)cc2[nH]1)C(=O)c1c[nH]c2c(C)cccc2c1=O. The highest BCUT2D eigenvalue weighted by molar-refractivity contribution is 5.97. The summed E-state index contributed by atoms with van der Waals surface area (Å²) < 4.78 is 0. The number of rotatable bonds is 5. The summed E-state index contributed by atoms with van der Waals surface area (Å²) in [6, 6.07) is 11.6. The molecule has 0 fully saturated rings. The number of aromatic amines is 2. The summed E-state index contributed by atoms with van der Waals surface area (Å²) in [6.45, 7) is 6.90. The number of nitrogens with one attached hydrogen (secondary N) is 2. The molecule has 0 radical (unpaired) electrons. The van der Waals surface area contributed by atoms with Crippen molar-refractivity contribution in [1.29, 1.82) is 0 Å². The van der Waals surface area contributed by atoms with Gasteiger partial charge in [-0.25, -0.2) is 4.98 Å². The Balaban J connectivity index is 1.57. The Bertz CT molecular complexity index is 1270. The van der Waals surface area contributed by atoms with E-state index in [9.17, 15) is 9.59 Å². The molecule has 0 saturated carbocycles. The molecule has 2 N–H and O–H groups in total. The minimum Gasteiger partial charge on any atom is -0.360 e. The highest BCUT2D eigenvalue weighted by Crippen LogP contribution is 2.15. The Kier molecular flexibility index (Phi) is 4.92. The molecule has 2 heterocycles. The number of imidazole rings is 1. The van der Waals surface area contributed by atoms with Crippen molar-refractivity contribution in [2.24, 2.45) is 0 Å². The van der Waals surface area contributed by atoms with Crippen molar-refractivity contribution in [3.8, 4) is 0 Å². The summed E-state index contributed by atoms with van der Waals surface area (Å²) in [5.74, 6) is 0.573. The summed E-state index contributed by atoms with van der Waals surface area (Å²) in [6.07, 6.45) is 2.13. The molecule has 6 nitrogen and oxygen atoms in total. The van der Waals surface area contributed by atoms with E-state index in [1.165, 1.54) is 11.8 Å². The Morgan fingerprint density at radius 3 is 2.79 bits per heavy atom. The number of aryl methyl sites for hydroxylation is 2. The second-order valence-corrected chi connectivity index (χ2v) is 7.37. The number of carbonyl (C=O) groups is 1. The maximum absolute atomic E-state index is 13.0. The largest absolute Gasteiger partial charge is 0.360 e. The van der Waals surface area contributed by atoms with Crippen molar-refractivity contribution in [3.63, 3.8) is 0 Å². The molecular weight excluding hydrogens is 364 g/mol. The van der Waals surface area contributed by atoms with Gasteiger partial charge in [-0.2, -0.15) is 0 Å². The number of hydrogen-bond acceptors (Lipinski definition) is 3. The van der Waals surface area contributed by atoms with Gasteiger partial charge >= 0.3 is 0 Å². The van der Waals surface area contributed by atoms with Crippen LogP contribution in [0.3, 0.4) is 0 Å². The molecule has 0 aliphatic heterocycles. The maximum atomic E-state index is 13.0. The lowest BCUT2D eigenvalue weighted by Crippen LogP contribution is -2.36. The van der Waals surface area contributed by atoms with Gasteiger partial charge in [0, 0.05) is 31.1 Å². The van der Waals surface area contributed by atoms with E-state index in [4.69, 9.17) is 0 Å². The van der Waals surface area contributed by atoms with Crippen molar-refractivity contribution < 1.29 is 4.79 Å². The molecule has 2 aromatic carbocycles. The Hall–Kier alpha value is -3.41. The predicted octanol–water partition coefficient (Wildman–Crippen LogP) is 3.73. The van der Waals surface area contributed by atoms with Gasteiger partial charge < -0.3 is 14.9 Å². The van der Waals surface area contributed by atoms with E-state index in [0.717, 1.165) is 27.9 Å². The van der Waals surface area contributed by atoms with Crippen LogP contribution in [0.1, 0.15) is 34.2 Å². The van der Waals surface area contributed by atoms with Crippen LogP contribution in [0.2, 0.25) is 0 Å². The lowest BCUT2D eigenvalue weighted by molar-refractivity contribution is 0.0764. The number of carbonyl (C=O) groups excluding carboxylic acids is 1. The van der Waals surface area contributed by atoms with Gasteiger partial charge in [0.15, 0.2) is 0 Å². The van der Waals surface area contributed by atoms with Gasteiger partial charge in [0.25, 0.3) is 5.91 Å². The fraction of sp³-hybridized carbons (Fsp3) is 0.261. The standard InChI is InChI=1S/C23H24N4O2/c1-4-27(11-10-20-25-18-9-8-14(2)12-19(18)26-20)23(29)17-13-24-21-15(3)6-5-7-16(21)22(17)28/h5-9,12-13H,4,10-11H2,1-3H3,(H,24,28)(H,25,26). The van der Waals surface area contributed by atoms with Gasteiger partial charge in [-0.3, -0.25) is 9.59 Å². The molecule has 0 bridgehead atoms. The minimum absolute atomic E-state index is 0.171. The first-order chi connectivity index (χ1) is 14.0. The fourth-order valence-electron chi connectivity index (χ4n) is 3.67. The van der Waals surface area contributed by atoms with Crippen molar-refractivity contribution >= 4 is 27.8 Å². The summed E-state index contributed by atoms with van der Waals surface area (Å²) >= 11 is 0. The first kappa shape index (κ1) is 18.9. The topological polar surface area (TPSA) is 81.8 Å². The van der Waals surface area contributed by atoms with Gasteiger partial charge in [-0.1, -0.05) is 18.2 Å². The maximum Gasteiger partial charge on any atom is 0.259 e. The zero-order valence-electron chi connectivity index (χ0n) is 16.9. The van der Waals surface area contributed by atoms with Crippen LogP contribution < -0.4 is 5.43 Å². The summed E-state index contributed by atoms with van der Waals surface area (Å²) in [7, 11) is 0. The van der Waals surface area contributed by atoms with Gasteiger partial charge in [-0.15, -0.1) is 0 Å². The molecule has 0 spiro atoms. The molecule has 4 rings (SSSR count). The van der Waals surface area contributed by atoms with Crippen LogP contribution in [0.15, 0.2) is 47.4 Å². The number of nitrogens with zero attached hydrogens (tertiary/aromatic N) is 2. The smallest absolute Gasteiger partial charge is 0.259 e. The highest BCUT2D eigenvalue weighted by atomic mass is 16.2. The number of para-hydroxylation sites is 1. The van der Waals surface area contributed by atoms with Gasteiger partial charge in [0.1, 0.15) is 11.4 Å². The van der Waals surface area contributed by atoms with E-state index in [0.29, 0.717) is 24.9 Å². The lowest BCUT2D eigenvalue weighted by atomic mass is 10.1. The normalized spacial score (nSPS) is 11.3. The van der Waals surface area contributed by atoms with Crippen molar-refractivity contribution in [3.05, 3.63) is 75.3 Å². The Morgan fingerprint density at radius 1 is 1.17 bits per heavy atom. The molecule has 0 aliphatic rings. The van der Waals surface area contributed by atoms with Crippen molar-refractivity contribution in [2.75, 3.05) is 13.1 Å². The molecule has 2 aromatic heterocycles. The minimum atomic E-state index is -0.260. The van der Waals surface area contributed by atoms with E-state index >= 15 is 0 Å². The summed E-state index contributed by atoms with van der Waals surface area (Å²) in [5, 5.41) is 0.541. The first-order valence-electron chi connectivity index (χ1n) is 9.83. The van der Waals surface area contributed by atoms with Crippen molar-refractivity contribution in [1.82, 2.24) is 19.9 Å². The number of amides is 1. The van der Waals surface area contributed by atoms with Crippen LogP contribution in [-0.2, 0) is 6.42 Å². The third kappa shape index (κ3) is 3.53. The van der Waals surface area contributed by atoms with Crippen LogP contribution in [0.4, 0.5) is 0 Å². The quantitative estimate of drug-likeness (QED) is 0.547. The monoisotopic (exact) mass is 388 g/mol. The first-order valence-corrected chi connectivity index (χ1v) is 9.83. The molecule has 4 aromatic rings. The average Bonchev–Trinajstić information content (AvgIpc) is 3.11. The molecule has 0 saturated heterocycles. The number of fused-ring (bicyclic) bond motifs is 2. The lowest BCUT2D eigenvalue weighted by Gasteiger charge is -2.20. The molecule has 0 atom stereocenters. The third-order valence-electron chi connectivity index (χ3n) is 5.33. The van der Waals surface area contributed by atoms with E-state index in [1.807, 2.05) is 45.0 Å². The number of likely N-dealkylation sites (N-methyl/N-ethyl adjacent to an activating group) is 1. The summed E-state index contributed by atoms with van der Waals surface area (Å²) in [4.78, 5) is 38.6. The van der Waals surface area contributed by atoms with E-state index in [-0.39, 0.29) is 16.9 Å². The van der Waals surface area contributed by atoms with Crippen molar-refractivity contribution in [2.45, 2.75) is 27.2 Å². The Labute approximate surface area is 168 Å². The number of aromatic nitrogens is 3. The van der Waals surface area contributed by atoms with Gasteiger partial charge in [0.2, 0.25) is 5.43 Å². The number of hydrogen-bond donors (Lipinski definition) is 2. The van der Waals surface area contributed by atoms with E-state index in [2.05, 4.69) is 21.0 Å². The second-order valence-electron chi connectivity index (χ2n) is 7.37. The van der Waals surface area contributed by atoms with Crippen LogP contribution in [-0.4, -0.2) is 38.8 Å². The van der Waals surface area contributed by atoms with Gasteiger partial charge in [-0.05, 0) is 50.1 Å². The van der Waals surface area contributed by atoms with E-state index in [1.54, 1.807) is 11.0 Å². The molecular formula is C23H24N4O2. The van der Waals surface area contributed by atoms with Crippen LogP contribution >= 0.6 is 0 Å².